The zero-order valence-electron chi connectivity index (χ0n) is 19.5. The molecule has 10 heteroatoms. The summed E-state index contributed by atoms with van der Waals surface area (Å²) < 4.78 is 49.5. The Morgan fingerprint density at radius 3 is 2.28 bits per heavy atom. The van der Waals surface area contributed by atoms with Gasteiger partial charge in [0.05, 0.1) is 18.7 Å². The second kappa shape index (κ2) is 12.6. The lowest BCUT2D eigenvalue weighted by Crippen LogP contribution is -2.22. The number of rotatable bonds is 11. The summed E-state index contributed by atoms with van der Waals surface area (Å²) in [6, 6.07) is 17.6. The van der Waals surface area contributed by atoms with Crippen LogP contribution in [-0.2, 0) is 15.7 Å². The summed E-state index contributed by atoms with van der Waals surface area (Å²) in [5.41, 5.74) is 0.440. The second-order valence-electron chi connectivity index (χ2n) is 7.59. The van der Waals surface area contributed by atoms with Crippen molar-refractivity contribution in [3.05, 3.63) is 83.9 Å². The van der Waals surface area contributed by atoms with Gasteiger partial charge in [0.1, 0.15) is 12.4 Å². The van der Waals surface area contributed by atoms with Crippen molar-refractivity contribution in [3.8, 4) is 5.75 Å². The van der Waals surface area contributed by atoms with E-state index in [0.29, 0.717) is 36.9 Å². The number of carbonyl (C=O) groups excluding carboxylic acids is 2. The summed E-state index contributed by atoms with van der Waals surface area (Å²) in [6.45, 7) is 3.29. The van der Waals surface area contributed by atoms with Gasteiger partial charge in [0.25, 0.3) is 5.91 Å². The van der Waals surface area contributed by atoms with Crippen LogP contribution in [0.4, 0.5) is 30.2 Å². The Labute approximate surface area is 206 Å². The lowest BCUT2D eigenvalue weighted by Gasteiger charge is -2.12. The number of carbonyl (C=O) groups is 2. The second-order valence-corrected chi connectivity index (χ2v) is 7.59. The fraction of sp³-hybridized carbons (Fsp3) is 0.231. The number of ether oxygens (including phenoxy) is 2. The number of hydrogen-bond donors (Lipinski definition) is 3. The number of anilines is 3. The molecule has 0 aliphatic carbocycles. The van der Waals surface area contributed by atoms with Gasteiger partial charge in [-0.1, -0.05) is 18.2 Å². The molecule has 0 fully saturated rings. The molecule has 0 heterocycles. The third kappa shape index (κ3) is 8.31. The molecule has 0 aliphatic rings. The molecule has 190 valence electrons. The molecular weight excluding hydrogens is 475 g/mol. The Morgan fingerprint density at radius 2 is 1.53 bits per heavy atom. The first kappa shape index (κ1) is 26.6. The Bertz CT molecular complexity index is 1180. The molecule has 0 aromatic heterocycles. The van der Waals surface area contributed by atoms with Crippen LogP contribution in [-0.4, -0.2) is 38.2 Å². The van der Waals surface area contributed by atoms with Gasteiger partial charge in [0, 0.05) is 35.3 Å². The molecule has 7 nitrogen and oxygen atoms in total. The van der Waals surface area contributed by atoms with E-state index in [2.05, 4.69) is 16.0 Å². The van der Waals surface area contributed by atoms with Crippen molar-refractivity contribution in [2.45, 2.75) is 13.1 Å². The van der Waals surface area contributed by atoms with E-state index < -0.39 is 17.6 Å². The Hall–Kier alpha value is -4.05. The van der Waals surface area contributed by atoms with E-state index in [1.54, 1.807) is 36.4 Å². The maximum absolute atomic E-state index is 12.9. The fourth-order valence-electron chi connectivity index (χ4n) is 3.16. The lowest BCUT2D eigenvalue weighted by molar-refractivity contribution is -0.137. The van der Waals surface area contributed by atoms with E-state index in [0.717, 1.165) is 12.1 Å². The maximum atomic E-state index is 12.9. The number of alkyl halides is 3. The summed E-state index contributed by atoms with van der Waals surface area (Å²) in [5.74, 6) is -0.302. The number of hydrogen-bond acceptors (Lipinski definition) is 5. The summed E-state index contributed by atoms with van der Waals surface area (Å²) in [4.78, 5) is 24.9. The SMILES string of the molecule is CCOCCOc1cccc(NC(=O)CNc2cccc(C(=O)Nc3cccc(C(F)(F)F)c3)c2)c1. The molecule has 0 bridgehead atoms. The third-order valence-corrected chi connectivity index (χ3v) is 4.84. The van der Waals surface area contributed by atoms with Crippen molar-refractivity contribution >= 4 is 28.9 Å². The smallest absolute Gasteiger partial charge is 0.416 e. The van der Waals surface area contributed by atoms with Gasteiger partial charge in [-0.2, -0.15) is 13.2 Å². The van der Waals surface area contributed by atoms with Gasteiger partial charge in [-0.15, -0.1) is 0 Å². The molecule has 3 aromatic rings. The summed E-state index contributed by atoms with van der Waals surface area (Å²) >= 11 is 0. The molecule has 0 radical (unpaired) electrons. The van der Waals surface area contributed by atoms with Crippen LogP contribution < -0.4 is 20.7 Å². The van der Waals surface area contributed by atoms with E-state index in [1.165, 1.54) is 24.3 Å². The van der Waals surface area contributed by atoms with Gasteiger partial charge >= 0.3 is 6.18 Å². The molecule has 0 spiro atoms. The monoisotopic (exact) mass is 501 g/mol. The molecule has 0 saturated carbocycles. The van der Waals surface area contributed by atoms with Crippen molar-refractivity contribution in [1.82, 2.24) is 0 Å². The predicted molar refractivity (Wildman–Crippen MR) is 131 cm³/mol. The van der Waals surface area contributed by atoms with Crippen LogP contribution >= 0.6 is 0 Å². The maximum Gasteiger partial charge on any atom is 0.416 e. The van der Waals surface area contributed by atoms with Gasteiger partial charge in [-0.05, 0) is 55.5 Å². The minimum atomic E-state index is -4.51. The van der Waals surface area contributed by atoms with Crippen LogP contribution in [0.15, 0.2) is 72.8 Å². The number of benzene rings is 3. The fourth-order valence-corrected chi connectivity index (χ4v) is 3.16. The zero-order chi connectivity index (χ0) is 26.0. The van der Waals surface area contributed by atoms with Crippen LogP contribution in [0, 0.1) is 0 Å². The molecule has 36 heavy (non-hydrogen) atoms. The van der Waals surface area contributed by atoms with E-state index in [9.17, 15) is 22.8 Å². The standard InChI is InChI=1S/C26H26F3N3O4/c1-2-35-12-13-36-23-11-5-10-22(16-23)31-24(33)17-30-20-8-3-6-18(14-20)25(34)32-21-9-4-7-19(15-21)26(27,28)29/h3-11,14-16,30H,2,12-13,17H2,1H3,(H,31,33)(H,32,34). The average molecular weight is 502 g/mol. The van der Waals surface area contributed by atoms with Gasteiger partial charge in [0.15, 0.2) is 0 Å². The molecular formula is C26H26F3N3O4. The van der Waals surface area contributed by atoms with E-state index in [-0.39, 0.29) is 23.7 Å². The van der Waals surface area contributed by atoms with Crippen LogP contribution in [0.5, 0.6) is 5.75 Å². The summed E-state index contributed by atoms with van der Waals surface area (Å²) in [5, 5.41) is 8.14. The molecule has 0 aliphatic heterocycles. The van der Waals surface area contributed by atoms with Gasteiger partial charge < -0.3 is 25.4 Å². The largest absolute Gasteiger partial charge is 0.491 e. The van der Waals surface area contributed by atoms with Crippen molar-refractivity contribution in [2.24, 2.45) is 0 Å². The Balaban J connectivity index is 1.53. The highest BCUT2D eigenvalue weighted by Gasteiger charge is 2.30. The van der Waals surface area contributed by atoms with E-state index in [4.69, 9.17) is 9.47 Å². The van der Waals surface area contributed by atoms with Gasteiger partial charge in [-0.25, -0.2) is 0 Å². The predicted octanol–water partition coefficient (Wildman–Crippen LogP) is 5.42. The van der Waals surface area contributed by atoms with Crippen molar-refractivity contribution in [2.75, 3.05) is 42.3 Å². The first-order chi connectivity index (χ1) is 17.2. The summed E-state index contributed by atoms with van der Waals surface area (Å²) in [6.07, 6.45) is -4.51. The quantitative estimate of drug-likeness (QED) is 0.305. The molecule has 3 aromatic carbocycles. The minimum absolute atomic E-state index is 0.0247. The molecule has 3 N–H and O–H groups in total. The van der Waals surface area contributed by atoms with E-state index in [1.807, 2.05) is 6.92 Å². The molecule has 3 rings (SSSR count). The number of amides is 2. The topological polar surface area (TPSA) is 88.7 Å². The van der Waals surface area contributed by atoms with Crippen LogP contribution in [0.3, 0.4) is 0 Å². The average Bonchev–Trinajstić information content (AvgIpc) is 2.85. The molecule has 0 atom stereocenters. The Morgan fingerprint density at radius 1 is 0.833 bits per heavy atom. The van der Waals surface area contributed by atoms with Crippen LogP contribution in [0.2, 0.25) is 0 Å². The molecule has 0 unspecified atom stereocenters. The van der Waals surface area contributed by atoms with Gasteiger partial charge in [0.2, 0.25) is 5.91 Å². The highest BCUT2D eigenvalue weighted by atomic mass is 19.4. The number of halogens is 3. The first-order valence-electron chi connectivity index (χ1n) is 11.2. The first-order valence-corrected chi connectivity index (χ1v) is 11.2. The van der Waals surface area contributed by atoms with Crippen molar-refractivity contribution in [3.63, 3.8) is 0 Å². The number of nitrogens with one attached hydrogen (secondary N) is 3. The normalized spacial score (nSPS) is 11.0. The third-order valence-electron chi connectivity index (χ3n) is 4.84. The zero-order valence-corrected chi connectivity index (χ0v) is 19.5. The lowest BCUT2D eigenvalue weighted by atomic mass is 10.1. The van der Waals surface area contributed by atoms with Crippen LogP contribution in [0.25, 0.3) is 0 Å². The molecule has 2 amide bonds. The van der Waals surface area contributed by atoms with E-state index >= 15 is 0 Å². The van der Waals surface area contributed by atoms with Crippen molar-refractivity contribution in [1.29, 1.82) is 0 Å². The summed E-state index contributed by atoms with van der Waals surface area (Å²) in [7, 11) is 0. The Kier molecular flexibility index (Phi) is 9.29. The van der Waals surface area contributed by atoms with Crippen molar-refractivity contribution < 1.29 is 32.2 Å². The highest BCUT2D eigenvalue weighted by Crippen LogP contribution is 2.30. The molecule has 0 saturated heterocycles. The van der Waals surface area contributed by atoms with Gasteiger partial charge in [-0.3, -0.25) is 9.59 Å². The minimum Gasteiger partial charge on any atom is -0.491 e. The van der Waals surface area contributed by atoms with Crippen LogP contribution in [0.1, 0.15) is 22.8 Å². The highest BCUT2D eigenvalue weighted by molar-refractivity contribution is 6.05.